The van der Waals surface area contributed by atoms with E-state index in [0.717, 1.165) is 10.6 Å². The molecule has 6 heteroatoms. The van der Waals surface area contributed by atoms with Crippen LogP contribution in [0.15, 0.2) is 24.3 Å². The number of rotatable bonds is 1. The Morgan fingerprint density at radius 1 is 1.43 bits per heavy atom. The van der Waals surface area contributed by atoms with Crippen LogP contribution in [0.1, 0.15) is 44.4 Å². The zero-order valence-corrected chi connectivity index (χ0v) is 12.2. The van der Waals surface area contributed by atoms with Crippen molar-refractivity contribution in [1.82, 2.24) is 5.06 Å². The number of carbonyl (C=O) groups is 1. The molecule has 0 bridgehead atoms. The molecule has 0 radical (unpaired) electrons. The second kappa shape index (κ2) is 5.72. The van der Waals surface area contributed by atoms with Gasteiger partial charge < -0.3 is 9.84 Å². The molecule has 1 aromatic carbocycles. The first-order chi connectivity index (χ1) is 9.80. The van der Waals surface area contributed by atoms with Crippen molar-refractivity contribution < 1.29 is 19.5 Å². The standard InChI is InChI=1S/C15H18N2O4/c1-15(2,3)20-14(19)17-12(8-13(18)21-17)11-6-4-10(9-16)5-7-11/h4-7,12-13,18H,8H2,1-3H3/t12-,13?/m0/s1. The third-order valence-electron chi connectivity index (χ3n) is 2.94. The van der Waals surface area contributed by atoms with Crippen LogP contribution in [0.25, 0.3) is 0 Å². The molecule has 0 spiro atoms. The van der Waals surface area contributed by atoms with E-state index in [1.54, 1.807) is 45.0 Å². The summed E-state index contributed by atoms with van der Waals surface area (Å²) in [5.41, 5.74) is 0.655. The lowest BCUT2D eigenvalue weighted by atomic mass is 10.0. The van der Waals surface area contributed by atoms with E-state index in [-0.39, 0.29) is 6.42 Å². The molecule has 0 saturated carbocycles. The van der Waals surface area contributed by atoms with E-state index in [4.69, 9.17) is 14.8 Å². The van der Waals surface area contributed by atoms with Crippen molar-refractivity contribution in [2.24, 2.45) is 0 Å². The molecular formula is C15H18N2O4. The number of carbonyl (C=O) groups excluding carboxylic acids is 1. The van der Waals surface area contributed by atoms with Gasteiger partial charge in [0.05, 0.1) is 17.7 Å². The molecule has 0 aromatic heterocycles. The fourth-order valence-corrected chi connectivity index (χ4v) is 2.06. The summed E-state index contributed by atoms with van der Waals surface area (Å²) < 4.78 is 5.27. The Kier molecular flexibility index (Phi) is 4.16. The van der Waals surface area contributed by atoms with Gasteiger partial charge >= 0.3 is 6.09 Å². The van der Waals surface area contributed by atoms with Crippen LogP contribution in [0.5, 0.6) is 0 Å². The summed E-state index contributed by atoms with van der Waals surface area (Å²) in [5.74, 6) is 0. The number of aliphatic hydroxyl groups is 1. The lowest BCUT2D eigenvalue weighted by molar-refractivity contribution is -0.207. The molecule has 2 atom stereocenters. The molecule has 1 amide bonds. The van der Waals surface area contributed by atoms with Gasteiger partial charge in [-0.1, -0.05) is 12.1 Å². The normalized spacial score (nSPS) is 22.0. The number of amides is 1. The van der Waals surface area contributed by atoms with E-state index in [1.165, 1.54) is 0 Å². The van der Waals surface area contributed by atoms with Crippen molar-refractivity contribution in [3.63, 3.8) is 0 Å². The van der Waals surface area contributed by atoms with Gasteiger partial charge in [-0.3, -0.25) is 0 Å². The minimum absolute atomic E-state index is 0.255. The van der Waals surface area contributed by atoms with Gasteiger partial charge in [0, 0.05) is 6.42 Å². The fraction of sp³-hybridized carbons (Fsp3) is 0.467. The minimum Gasteiger partial charge on any atom is -0.442 e. The molecule has 21 heavy (non-hydrogen) atoms. The van der Waals surface area contributed by atoms with Crippen LogP contribution < -0.4 is 0 Å². The monoisotopic (exact) mass is 290 g/mol. The Hall–Kier alpha value is -2.10. The highest BCUT2D eigenvalue weighted by molar-refractivity contribution is 5.68. The maximum Gasteiger partial charge on any atom is 0.435 e. The highest BCUT2D eigenvalue weighted by Crippen LogP contribution is 2.34. The van der Waals surface area contributed by atoms with Gasteiger partial charge in [0.25, 0.3) is 0 Å². The van der Waals surface area contributed by atoms with Gasteiger partial charge in [0.1, 0.15) is 5.60 Å². The predicted octanol–water partition coefficient (Wildman–Crippen LogP) is 2.49. The summed E-state index contributed by atoms with van der Waals surface area (Å²) >= 11 is 0. The summed E-state index contributed by atoms with van der Waals surface area (Å²) in [6.45, 7) is 5.27. The highest BCUT2D eigenvalue weighted by atomic mass is 16.8. The summed E-state index contributed by atoms with van der Waals surface area (Å²) in [7, 11) is 0. The molecule has 6 nitrogen and oxygen atoms in total. The minimum atomic E-state index is -1.06. The van der Waals surface area contributed by atoms with Gasteiger partial charge in [-0.25, -0.2) is 9.63 Å². The Morgan fingerprint density at radius 3 is 2.57 bits per heavy atom. The van der Waals surface area contributed by atoms with E-state index >= 15 is 0 Å². The molecule has 2 rings (SSSR count). The van der Waals surface area contributed by atoms with Gasteiger partial charge in [0.15, 0.2) is 6.29 Å². The molecule has 1 saturated heterocycles. The first-order valence-corrected chi connectivity index (χ1v) is 6.67. The molecule has 1 N–H and O–H groups in total. The number of hydrogen-bond acceptors (Lipinski definition) is 5. The molecule has 1 fully saturated rings. The maximum atomic E-state index is 12.1. The average molecular weight is 290 g/mol. The SMILES string of the molecule is CC(C)(C)OC(=O)N1OC(O)C[C@H]1c1ccc(C#N)cc1. The van der Waals surface area contributed by atoms with Crippen molar-refractivity contribution in [1.29, 1.82) is 5.26 Å². The summed E-state index contributed by atoms with van der Waals surface area (Å²) in [5, 5.41) is 19.5. The zero-order valence-electron chi connectivity index (χ0n) is 12.2. The number of nitrogens with zero attached hydrogens (tertiary/aromatic N) is 2. The fourth-order valence-electron chi connectivity index (χ4n) is 2.06. The van der Waals surface area contributed by atoms with Gasteiger partial charge in [-0.2, -0.15) is 10.3 Å². The van der Waals surface area contributed by atoms with Crippen LogP contribution in [0.4, 0.5) is 4.79 Å². The van der Waals surface area contributed by atoms with Crippen LogP contribution in [0.3, 0.4) is 0 Å². The summed E-state index contributed by atoms with van der Waals surface area (Å²) in [4.78, 5) is 17.3. The Labute approximate surface area is 123 Å². The highest BCUT2D eigenvalue weighted by Gasteiger charge is 2.39. The first-order valence-electron chi connectivity index (χ1n) is 6.67. The van der Waals surface area contributed by atoms with Crippen molar-refractivity contribution >= 4 is 6.09 Å². The van der Waals surface area contributed by atoms with Crippen molar-refractivity contribution in [2.45, 2.75) is 45.1 Å². The van der Waals surface area contributed by atoms with Crippen LogP contribution in [-0.2, 0) is 9.57 Å². The molecule has 1 heterocycles. The molecule has 112 valence electrons. The number of ether oxygens (including phenoxy) is 1. The largest absolute Gasteiger partial charge is 0.442 e. The van der Waals surface area contributed by atoms with E-state index < -0.39 is 24.0 Å². The number of nitriles is 1. The number of benzene rings is 1. The Balaban J connectivity index is 2.20. The van der Waals surface area contributed by atoms with Gasteiger partial charge in [0.2, 0.25) is 0 Å². The smallest absolute Gasteiger partial charge is 0.435 e. The second-order valence-electron chi connectivity index (χ2n) is 5.85. The van der Waals surface area contributed by atoms with Crippen LogP contribution in [-0.4, -0.2) is 28.2 Å². The van der Waals surface area contributed by atoms with E-state index in [9.17, 15) is 9.90 Å². The summed E-state index contributed by atoms with van der Waals surface area (Å²) in [6.07, 6.45) is -1.45. The molecule has 0 aliphatic carbocycles. The van der Waals surface area contributed by atoms with Crippen LogP contribution in [0.2, 0.25) is 0 Å². The molecule has 1 aliphatic heterocycles. The second-order valence-corrected chi connectivity index (χ2v) is 5.85. The topological polar surface area (TPSA) is 82.8 Å². The molecule has 1 unspecified atom stereocenters. The lowest BCUT2D eigenvalue weighted by Crippen LogP contribution is -2.36. The maximum absolute atomic E-state index is 12.1. The van der Waals surface area contributed by atoms with E-state index in [1.807, 2.05) is 6.07 Å². The Morgan fingerprint density at radius 2 is 2.05 bits per heavy atom. The van der Waals surface area contributed by atoms with Crippen molar-refractivity contribution in [3.05, 3.63) is 35.4 Å². The Bertz CT molecular complexity index is 557. The predicted molar refractivity (Wildman–Crippen MR) is 73.7 cm³/mol. The lowest BCUT2D eigenvalue weighted by Gasteiger charge is -2.27. The van der Waals surface area contributed by atoms with Gasteiger partial charge in [-0.05, 0) is 38.5 Å². The van der Waals surface area contributed by atoms with Gasteiger partial charge in [-0.15, -0.1) is 0 Å². The average Bonchev–Trinajstić information content (AvgIpc) is 2.79. The molecular weight excluding hydrogens is 272 g/mol. The van der Waals surface area contributed by atoms with Crippen LogP contribution in [0, 0.1) is 11.3 Å². The number of hydrogen-bond donors (Lipinski definition) is 1. The first kappa shape index (κ1) is 15.3. The van der Waals surface area contributed by atoms with Crippen molar-refractivity contribution in [3.8, 4) is 6.07 Å². The van der Waals surface area contributed by atoms with Crippen molar-refractivity contribution in [2.75, 3.05) is 0 Å². The zero-order chi connectivity index (χ0) is 15.6. The number of aliphatic hydroxyl groups excluding tert-OH is 1. The number of hydroxylamine groups is 2. The third kappa shape index (κ3) is 3.72. The van der Waals surface area contributed by atoms with Crippen LogP contribution >= 0.6 is 0 Å². The molecule has 1 aromatic rings. The quantitative estimate of drug-likeness (QED) is 0.859. The summed E-state index contributed by atoms with van der Waals surface area (Å²) in [6, 6.07) is 8.39. The van der Waals surface area contributed by atoms with E-state index in [2.05, 4.69) is 0 Å². The molecule has 1 aliphatic rings. The third-order valence-corrected chi connectivity index (χ3v) is 2.94. The van der Waals surface area contributed by atoms with E-state index in [0.29, 0.717) is 5.56 Å².